The fraction of sp³-hybridized carbons (Fsp3) is 0.500. The van der Waals surface area contributed by atoms with E-state index in [-0.39, 0.29) is 5.91 Å². The Labute approximate surface area is 102 Å². The van der Waals surface area contributed by atoms with Crippen LogP contribution in [0.3, 0.4) is 0 Å². The molecule has 0 saturated carbocycles. The molecule has 2 rings (SSSR count). The number of hydrogen-bond donors (Lipinski definition) is 0. The molecular formula is C14H19NO2. The lowest BCUT2D eigenvalue weighted by Gasteiger charge is -2.25. The summed E-state index contributed by atoms with van der Waals surface area (Å²) < 4.78 is 0. The molecule has 17 heavy (non-hydrogen) atoms. The average Bonchev–Trinajstić information content (AvgIpc) is 2.39. The summed E-state index contributed by atoms with van der Waals surface area (Å²) in [6.07, 6.45) is 2.06. The van der Waals surface area contributed by atoms with E-state index in [1.54, 1.807) is 0 Å². The van der Waals surface area contributed by atoms with E-state index < -0.39 is 0 Å². The second-order valence-electron chi connectivity index (χ2n) is 4.72. The van der Waals surface area contributed by atoms with Gasteiger partial charge in [-0.05, 0) is 36.5 Å². The minimum absolute atomic E-state index is 0.0278. The van der Waals surface area contributed by atoms with Gasteiger partial charge in [-0.2, -0.15) is 0 Å². The molecule has 1 aliphatic heterocycles. The standard InChI is InChI=1S/C14H19NO2/c1-11(2)12-5-7-13(8-6-12)14(16)15-9-3-4-10-17-15/h5-8,11H,3-4,9-10H2,1-2H3. The Kier molecular flexibility index (Phi) is 3.79. The molecule has 0 atom stereocenters. The Bertz CT molecular complexity index is 378. The summed E-state index contributed by atoms with van der Waals surface area (Å²) in [6, 6.07) is 7.80. The number of amides is 1. The zero-order valence-corrected chi connectivity index (χ0v) is 10.5. The number of hydrogen-bond acceptors (Lipinski definition) is 2. The maximum absolute atomic E-state index is 12.1. The first-order chi connectivity index (χ1) is 8.18. The van der Waals surface area contributed by atoms with Crippen LogP contribution in [0.25, 0.3) is 0 Å². The predicted molar refractivity (Wildman–Crippen MR) is 66.8 cm³/mol. The molecule has 1 heterocycles. The van der Waals surface area contributed by atoms with Crippen LogP contribution in [0, 0.1) is 0 Å². The van der Waals surface area contributed by atoms with Crippen LogP contribution in [-0.2, 0) is 4.84 Å². The Balaban J connectivity index is 2.08. The fourth-order valence-corrected chi connectivity index (χ4v) is 1.91. The average molecular weight is 233 g/mol. The molecule has 1 aromatic rings. The lowest BCUT2D eigenvalue weighted by atomic mass is 10.0. The summed E-state index contributed by atoms with van der Waals surface area (Å²) in [6.45, 7) is 5.63. The first-order valence-electron chi connectivity index (χ1n) is 6.23. The van der Waals surface area contributed by atoms with Gasteiger partial charge < -0.3 is 0 Å². The zero-order chi connectivity index (χ0) is 12.3. The Hall–Kier alpha value is -1.35. The lowest BCUT2D eigenvalue weighted by molar-refractivity contribution is -0.144. The normalized spacial score (nSPS) is 16.3. The maximum Gasteiger partial charge on any atom is 0.277 e. The van der Waals surface area contributed by atoms with Crippen LogP contribution in [-0.4, -0.2) is 24.1 Å². The Morgan fingerprint density at radius 2 is 1.94 bits per heavy atom. The molecule has 0 spiro atoms. The minimum Gasteiger partial charge on any atom is -0.271 e. The number of rotatable bonds is 2. The van der Waals surface area contributed by atoms with Crippen molar-refractivity contribution in [1.82, 2.24) is 5.06 Å². The van der Waals surface area contributed by atoms with Gasteiger partial charge in [0.15, 0.2) is 0 Å². The van der Waals surface area contributed by atoms with Crippen LogP contribution in [0.15, 0.2) is 24.3 Å². The Morgan fingerprint density at radius 3 is 2.47 bits per heavy atom. The van der Waals surface area contributed by atoms with Crippen LogP contribution >= 0.6 is 0 Å². The van der Waals surface area contributed by atoms with Gasteiger partial charge in [-0.3, -0.25) is 9.63 Å². The second kappa shape index (κ2) is 5.32. The van der Waals surface area contributed by atoms with Gasteiger partial charge in [-0.25, -0.2) is 5.06 Å². The molecule has 0 bridgehead atoms. The fourth-order valence-electron chi connectivity index (χ4n) is 1.91. The van der Waals surface area contributed by atoms with Crippen LogP contribution in [0.4, 0.5) is 0 Å². The van der Waals surface area contributed by atoms with Crippen molar-refractivity contribution in [3.8, 4) is 0 Å². The van der Waals surface area contributed by atoms with Gasteiger partial charge in [0.2, 0.25) is 0 Å². The van der Waals surface area contributed by atoms with Gasteiger partial charge in [0, 0.05) is 12.1 Å². The van der Waals surface area contributed by atoms with Gasteiger partial charge in [-0.1, -0.05) is 26.0 Å². The van der Waals surface area contributed by atoms with Crippen molar-refractivity contribution in [3.05, 3.63) is 35.4 Å². The van der Waals surface area contributed by atoms with Crippen LogP contribution in [0.1, 0.15) is 48.5 Å². The topological polar surface area (TPSA) is 29.5 Å². The quantitative estimate of drug-likeness (QED) is 0.786. The highest BCUT2D eigenvalue weighted by atomic mass is 16.7. The predicted octanol–water partition coefficient (Wildman–Crippen LogP) is 2.98. The molecule has 0 radical (unpaired) electrons. The highest BCUT2D eigenvalue weighted by Crippen LogP contribution is 2.17. The molecule has 1 amide bonds. The van der Waals surface area contributed by atoms with Crippen molar-refractivity contribution in [1.29, 1.82) is 0 Å². The number of carbonyl (C=O) groups is 1. The third-order valence-corrected chi connectivity index (χ3v) is 3.05. The third-order valence-electron chi connectivity index (χ3n) is 3.05. The van der Waals surface area contributed by atoms with Crippen molar-refractivity contribution in [3.63, 3.8) is 0 Å². The molecule has 92 valence electrons. The van der Waals surface area contributed by atoms with Crippen LogP contribution < -0.4 is 0 Å². The summed E-state index contributed by atoms with van der Waals surface area (Å²) in [4.78, 5) is 17.4. The first kappa shape index (κ1) is 12.1. The number of carbonyl (C=O) groups excluding carboxylic acids is 1. The molecule has 1 saturated heterocycles. The molecule has 3 heteroatoms. The monoisotopic (exact) mass is 233 g/mol. The zero-order valence-electron chi connectivity index (χ0n) is 10.5. The lowest BCUT2D eigenvalue weighted by Crippen LogP contribution is -2.35. The summed E-state index contributed by atoms with van der Waals surface area (Å²) in [5.41, 5.74) is 1.96. The van der Waals surface area contributed by atoms with Crippen molar-refractivity contribution in [2.45, 2.75) is 32.6 Å². The van der Waals surface area contributed by atoms with E-state index >= 15 is 0 Å². The highest BCUT2D eigenvalue weighted by molar-refractivity contribution is 5.93. The number of benzene rings is 1. The van der Waals surface area contributed by atoms with Gasteiger partial charge in [0.1, 0.15) is 0 Å². The molecule has 1 fully saturated rings. The third kappa shape index (κ3) is 2.86. The molecule has 3 nitrogen and oxygen atoms in total. The molecule has 0 unspecified atom stereocenters. The van der Waals surface area contributed by atoms with Crippen LogP contribution in [0.2, 0.25) is 0 Å². The Morgan fingerprint density at radius 1 is 1.24 bits per heavy atom. The largest absolute Gasteiger partial charge is 0.277 e. The van der Waals surface area contributed by atoms with Gasteiger partial charge >= 0.3 is 0 Å². The van der Waals surface area contributed by atoms with Crippen LogP contribution in [0.5, 0.6) is 0 Å². The second-order valence-corrected chi connectivity index (χ2v) is 4.72. The van der Waals surface area contributed by atoms with E-state index in [1.165, 1.54) is 10.6 Å². The van der Waals surface area contributed by atoms with E-state index in [9.17, 15) is 4.79 Å². The van der Waals surface area contributed by atoms with E-state index in [2.05, 4.69) is 13.8 Å². The summed E-state index contributed by atoms with van der Waals surface area (Å²) in [5, 5.41) is 1.48. The van der Waals surface area contributed by atoms with E-state index in [0.29, 0.717) is 24.6 Å². The van der Waals surface area contributed by atoms with Crippen molar-refractivity contribution in [2.24, 2.45) is 0 Å². The molecule has 0 N–H and O–H groups in total. The molecule has 1 aromatic carbocycles. The van der Waals surface area contributed by atoms with E-state index in [4.69, 9.17) is 4.84 Å². The van der Waals surface area contributed by atoms with E-state index in [0.717, 1.165) is 12.8 Å². The summed E-state index contributed by atoms with van der Waals surface area (Å²) >= 11 is 0. The molecule has 1 aliphatic rings. The van der Waals surface area contributed by atoms with Gasteiger partial charge in [0.05, 0.1) is 6.61 Å². The first-order valence-corrected chi connectivity index (χ1v) is 6.23. The van der Waals surface area contributed by atoms with E-state index in [1.807, 2.05) is 24.3 Å². The smallest absolute Gasteiger partial charge is 0.271 e. The molecule has 0 aromatic heterocycles. The summed E-state index contributed by atoms with van der Waals surface area (Å²) in [5.74, 6) is 0.463. The van der Waals surface area contributed by atoms with Gasteiger partial charge in [0.25, 0.3) is 5.91 Å². The molecular weight excluding hydrogens is 214 g/mol. The summed E-state index contributed by atoms with van der Waals surface area (Å²) in [7, 11) is 0. The number of nitrogens with zero attached hydrogens (tertiary/aromatic N) is 1. The molecule has 0 aliphatic carbocycles. The van der Waals surface area contributed by atoms with Crippen molar-refractivity contribution < 1.29 is 9.63 Å². The van der Waals surface area contributed by atoms with Crippen molar-refractivity contribution >= 4 is 5.91 Å². The maximum atomic E-state index is 12.1. The number of hydroxylamine groups is 2. The van der Waals surface area contributed by atoms with Crippen molar-refractivity contribution in [2.75, 3.05) is 13.2 Å². The SMILES string of the molecule is CC(C)c1ccc(C(=O)N2CCCCO2)cc1. The van der Waals surface area contributed by atoms with Gasteiger partial charge in [-0.15, -0.1) is 0 Å². The highest BCUT2D eigenvalue weighted by Gasteiger charge is 2.19. The minimum atomic E-state index is -0.0278.